The van der Waals surface area contributed by atoms with Gasteiger partial charge in [-0.2, -0.15) is 0 Å². The molecule has 0 aromatic heterocycles. The molecule has 88 valence electrons. The van der Waals surface area contributed by atoms with Crippen LogP contribution in [-0.4, -0.2) is 17.8 Å². The molecule has 0 heterocycles. The smallest absolute Gasteiger partial charge is 0.253 e. The van der Waals surface area contributed by atoms with Gasteiger partial charge in [-0.25, -0.2) is 0 Å². The lowest BCUT2D eigenvalue weighted by Crippen LogP contribution is -2.35. The number of nitrogens with one attached hydrogen (secondary N) is 1. The molecule has 16 heavy (non-hydrogen) atoms. The van der Waals surface area contributed by atoms with Gasteiger partial charge in [0, 0.05) is 11.9 Å². The van der Waals surface area contributed by atoms with Crippen molar-refractivity contribution in [2.45, 2.75) is 19.4 Å². The highest BCUT2D eigenvalue weighted by Crippen LogP contribution is 2.25. The van der Waals surface area contributed by atoms with Crippen LogP contribution in [0.1, 0.15) is 23.7 Å². The summed E-state index contributed by atoms with van der Waals surface area (Å²) in [6.07, 6.45) is 0.771. The quantitative estimate of drug-likeness (QED) is 0.836. The van der Waals surface area contributed by atoms with Crippen LogP contribution in [0.4, 0.5) is 0 Å². The Morgan fingerprint density at radius 2 is 2.12 bits per heavy atom. The van der Waals surface area contributed by atoms with Crippen molar-refractivity contribution in [2.24, 2.45) is 0 Å². The predicted molar refractivity (Wildman–Crippen MR) is 68.7 cm³/mol. The highest BCUT2D eigenvalue weighted by molar-refractivity contribution is 6.43. The molecule has 2 nitrogen and oxygen atoms in total. The highest BCUT2D eigenvalue weighted by Gasteiger charge is 2.15. The van der Waals surface area contributed by atoms with Gasteiger partial charge < -0.3 is 5.32 Å². The lowest BCUT2D eigenvalue weighted by Gasteiger charge is -2.14. The Labute approximate surface area is 110 Å². The third-order valence-electron chi connectivity index (χ3n) is 2.21. The summed E-state index contributed by atoms with van der Waals surface area (Å²) in [6, 6.07) is 4.90. The van der Waals surface area contributed by atoms with Crippen LogP contribution in [0.2, 0.25) is 10.0 Å². The Morgan fingerprint density at radius 3 is 2.69 bits per heavy atom. The van der Waals surface area contributed by atoms with Crippen molar-refractivity contribution < 1.29 is 4.79 Å². The third-order valence-corrected chi connectivity index (χ3v) is 3.40. The molecule has 0 fully saturated rings. The number of alkyl halides is 1. The molecule has 1 aromatic carbocycles. The summed E-state index contributed by atoms with van der Waals surface area (Å²) >= 11 is 17.5. The number of halogens is 3. The number of carbonyl (C=O) groups excluding carboxylic acids is 1. The van der Waals surface area contributed by atoms with Crippen molar-refractivity contribution in [3.05, 3.63) is 33.8 Å². The van der Waals surface area contributed by atoms with Crippen LogP contribution < -0.4 is 5.32 Å². The molecule has 0 aliphatic heterocycles. The lowest BCUT2D eigenvalue weighted by atomic mass is 10.2. The molecule has 0 saturated carbocycles. The second-order valence-electron chi connectivity index (χ2n) is 3.33. The van der Waals surface area contributed by atoms with Crippen molar-refractivity contribution in [3.8, 4) is 0 Å². The Kier molecular flexibility index (Phi) is 5.39. The standard InChI is InChI=1S/C11H12Cl3NO/c1-2-7(6-12)15-11(16)8-4-3-5-9(13)10(8)14/h3-5,7H,2,6H2,1H3,(H,15,16). The summed E-state index contributed by atoms with van der Waals surface area (Å²) in [5.41, 5.74) is 0.373. The van der Waals surface area contributed by atoms with Crippen molar-refractivity contribution in [2.75, 3.05) is 5.88 Å². The molecule has 1 unspecified atom stereocenters. The maximum Gasteiger partial charge on any atom is 0.253 e. The summed E-state index contributed by atoms with van der Waals surface area (Å²) in [5.74, 6) is 0.125. The van der Waals surface area contributed by atoms with E-state index in [-0.39, 0.29) is 17.0 Å². The maximum atomic E-state index is 11.8. The normalized spacial score (nSPS) is 12.2. The van der Waals surface area contributed by atoms with E-state index in [1.165, 1.54) is 0 Å². The van der Waals surface area contributed by atoms with E-state index in [9.17, 15) is 4.79 Å². The number of carbonyl (C=O) groups is 1. The first-order valence-corrected chi connectivity index (χ1v) is 6.20. The zero-order chi connectivity index (χ0) is 12.1. The fourth-order valence-electron chi connectivity index (χ4n) is 1.19. The third kappa shape index (κ3) is 3.27. The average Bonchev–Trinajstić information content (AvgIpc) is 2.29. The Balaban J connectivity index is 2.84. The van der Waals surface area contributed by atoms with Crippen LogP contribution in [-0.2, 0) is 0 Å². The zero-order valence-corrected chi connectivity index (χ0v) is 11.0. The van der Waals surface area contributed by atoms with Gasteiger partial charge in [-0.1, -0.05) is 36.2 Å². The van der Waals surface area contributed by atoms with E-state index in [2.05, 4.69) is 5.32 Å². The van der Waals surface area contributed by atoms with Crippen molar-refractivity contribution in [1.29, 1.82) is 0 Å². The number of rotatable bonds is 4. The van der Waals surface area contributed by atoms with Crippen LogP contribution in [0.25, 0.3) is 0 Å². The second-order valence-corrected chi connectivity index (χ2v) is 4.43. The number of hydrogen-bond acceptors (Lipinski definition) is 1. The molecule has 0 aliphatic rings. The second kappa shape index (κ2) is 6.33. The molecule has 1 N–H and O–H groups in total. The van der Waals surface area contributed by atoms with Gasteiger partial charge in [-0.3, -0.25) is 4.79 Å². The van der Waals surface area contributed by atoms with E-state index in [4.69, 9.17) is 34.8 Å². The minimum Gasteiger partial charge on any atom is -0.348 e. The molecule has 1 aromatic rings. The van der Waals surface area contributed by atoms with Gasteiger partial charge in [0.1, 0.15) is 0 Å². The molecule has 5 heteroatoms. The first kappa shape index (κ1) is 13.6. The summed E-state index contributed by atoms with van der Waals surface area (Å²) in [6.45, 7) is 1.95. The average molecular weight is 281 g/mol. The molecule has 0 spiro atoms. The fraction of sp³-hybridized carbons (Fsp3) is 0.364. The molecule has 0 saturated heterocycles. The van der Waals surface area contributed by atoms with Crippen LogP contribution in [0.5, 0.6) is 0 Å². The van der Waals surface area contributed by atoms with E-state index < -0.39 is 0 Å². The van der Waals surface area contributed by atoms with Crippen LogP contribution >= 0.6 is 34.8 Å². The molecule has 1 rings (SSSR count). The lowest BCUT2D eigenvalue weighted by molar-refractivity contribution is 0.0940. The summed E-state index contributed by atoms with van der Waals surface area (Å²) in [5, 5.41) is 3.42. The van der Waals surface area contributed by atoms with Gasteiger partial charge in [0.2, 0.25) is 0 Å². The van der Waals surface area contributed by atoms with Gasteiger partial charge in [-0.05, 0) is 18.6 Å². The number of hydrogen-bond donors (Lipinski definition) is 1. The first-order chi connectivity index (χ1) is 7.60. The van der Waals surface area contributed by atoms with E-state index in [1.54, 1.807) is 18.2 Å². The van der Waals surface area contributed by atoms with Crippen molar-refractivity contribution in [1.82, 2.24) is 5.32 Å². The van der Waals surface area contributed by atoms with Crippen LogP contribution in [0, 0.1) is 0 Å². The predicted octanol–water partition coefficient (Wildman–Crippen LogP) is 3.74. The number of amides is 1. The zero-order valence-electron chi connectivity index (χ0n) is 8.77. The Morgan fingerprint density at radius 1 is 1.44 bits per heavy atom. The fourth-order valence-corrected chi connectivity index (χ4v) is 1.87. The highest BCUT2D eigenvalue weighted by atomic mass is 35.5. The van der Waals surface area contributed by atoms with Gasteiger partial charge >= 0.3 is 0 Å². The molecular weight excluding hydrogens is 268 g/mol. The molecule has 0 bridgehead atoms. The molecule has 1 amide bonds. The summed E-state index contributed by atoms with van der Waals surface area (Å²) in [7, 11) is 0. The van der Waals surface area contributed by atoms with E-state index in [1.807, 2.05) is 6.92 Å². The van der Waals surface area contributed by atoms with Gasteiger partial charge in [0.05, 0.1) is 15.6 Å². The minimum atomic E-state index is -0.250. The van der Waals surface area contributed by atoms with Gasteiger partial charge in [0.15, 0.2) is 0 Å². The number of benzene rings is 1. The van der Waals surface area contributed by atoms with Crippen LogP contribution in [0.3, 0.4) is 0 Å². The minimum absolute atomic E-state index is 0.0517. The summed E-state index contributed by atoms with van der Waals surface area (Å²) in [4.78, 5) is 11.8. The molecule has 1 atom stereocenters. The monoisotopic (exact) mass is 279 g/mol. The van der Waals surface area contributed by atoms with E-state index >= 15 is 0 Å². The van der Waals surface area contributed by atoms with Crippen LogP contribution in [0.15, 0.2) is 18.2 Å². The Hall–Kier alpha value is -0.440. The molecule has 0 aliphatic carbocycles. The van der Waals surface area contributed by atoms with Gasteiger partial charge in [0.25, 0.3) is 5.91 Å². The van der Waals surface area contributed by atoms with E-state index in [0.29, 0.717) is 16.5 Å². The van der Waals surface area contributed by atoms with Crippen molar-refractivity contribution >= 4 is 40.7 Å². The summed E-state index contributed by atoms with van der Waals surface area (Å²) < 4.78 is 0. The van der Waals surface area contributed by atoms with E-state index in [0.717, 1.165) is 6.42 Å². The Bertz CT molecular complexity index is 377. The molecule has 0 radical (unpaired) electrons. The topological polar surface area (TPSA) is 29.1 Å². The first-order valence-electron chi connectivity index (χ1n) is 4.91. The van der Waals surface area contributed by atoms with Crippen molar-refractivity contribution in [3.63, 3.8) is 0 Å². The SMILES string of the molecule is CCC(CCl)NC(=O)c1cccc(Cl)c1Cl. The largest absolute Gasteiger partial charge is 0.348 e. The van der Waals surface area contributed by atoms with Gasteiger partial charge in [-0.15, -0.1) is 11.6 Å². The molecular formula is C11H12Cl3NO. The maximum absolute atomic E-state index is 11.8.